The molecule has 7 nitrogen and oxygen atoms in total. The van der Waals surface area contributed by atoms with E-state index in [1.54, 1.807) is 48.5 Å². The highest BCUT2D eigenvalue weighted by Crippen LogP contribution is 2.14. The van der Waals surface area contributed by atoms with E-state index >= 15 is 0 Å². The zero-order valence-corrected chi connectivity index (χ0v) is 15.5. The summed E-state index contributed by atoms with van der Waals surface area (Å²) in [5.74, 6) is -1.13. The van der Waals surface area contributed by atoms with Gasteiger partial charge >= 0.3 is 0 Å². The summed E-state index contributed by atoms with van der Waals surface area (Å²) in [6.45, 7) is 1.44. The number of benzene rings is 2. The second-order valence-electron chi connectivity index (χ2n) is 6.15. The first-order chi connectivity index (χ1) is 14.0. The number of aromatic nitrogens is 1. The number of nitriles is 1. The van der Waals surface area contributed by atoms with Crippen LogP contribution in [-0.2, 0) is 0 Å². The van der Waals surface area contributed by atoms with E-state index in [4.69, 9.17) is 5.26 Å². The molecule has 0 unspecified atom stereocenters. The standard InChI is InChI=1S/C22H16N4O3/c1-14(27)16-6-3-8-18(12-16)25-22(29)20-10-4-9-19(26-20)21(28)24-17-7-2-5-15(11-17)13-23/h2-12H,1H3,(H,24,28)(H,25,29). The van der Waals surface area contributed by atoms with E-state index in [1.807, 2.05) is 6.07 Å². The van der Waals surface area contributed by atoms with Crippen molar-refractivity contribution in [2.24, 2.45) is 0 Å². The maximum absolute atomic E-state index is 12.5. The van der Waals surface area contributed by atoms with Crippen LogP contribution in [0.5, 0.6) is 0 Å². The number of ketones is 1. The average Bonchev–Trinajstić information content (AvgIpc) is 2.74. The van der Waals surface area contributed by atoms with Crippen LogP contribution in [-0.4, -0.2) is 22.6 Å². The third-order valence-corrected chi connectivity index (χ3v) is 3.99. The Kier molecular flexibility index (Phi) is 5.76. The van der Waals surface area contributed by atoms with Gasteiger partial charge in [-0.25, -0.2) is 4.98 Å². The van der Waals surface area contributed by atoms with Gasteiger partial charge in [-0.15, -0.1) is 0 Å². The Hall–Kier alpha value is -4.31. The number of Topliss-reactive ketones (excluding diaryl/α,β-unsaturated/α-hetero) is 1. The summed E-state index contributed by atoms with van der Waals surface area (Å²) in [7, 11) is 0. The third-order valence-electron chi connectivity index (χ3n) is 3.99. The lowest BCUT2D eigenvalue weighted by Crippen LogP contribution is -2.18. The highest BCUT2D eigenvalue weighted by molar-refractivity contribution is 6.06. The fourth-order valence-electron chi connectivity index (χ4n) is 2.56. The molecule has 0 bridgehead atoms. The van der Waals surface area contributed by atoms with Crippen molar-refractivity contribution in [3.63, 3.8) is 0 Å². The van der Waals surface area contributed by atoms with Gasteiger partial charge in [-0.1, -0.05) is 24.3 Å². The van der Waals surface area contributed by atoms with Gasteiger partial charge < -0.3 is 10.6 Å². The summed E-state index contributed by atoms with van der Waals surface area (Å²) in [5.41, 5.74) is 1.90. The van der Waals surface area contributed by atoms with Gasteiger partial charge in [0.05, 0.1) is 11.6 Å². The minimum Gasteiger partial charge on any atom is -0.321 e. The van der Waals surface area contributed by atoms with Crippen LogP contribution in [0.3, 0.4) is 0 Å². The predicted octanol–water partition coefficient (Wildman–Crippen LogP) is 3.66. The summed E-state index contributed by atoms with van der Waals surface area (Å²) in [6.07, 6.45) is 0. The average molecular weight is 384 g/mol. The molecule has 0 aliphatic carbocycles. The molecule has 0 atom stereocenters. The Morgan fingerprint density at radius 3 is 1.97 bits per heavy atom. The monoisotopic (exact) mass is 384 g/mol. The first-order valence-corrected chi connectivity index (χ1v) is 8.67. The van der Waals surface area contributed by atoms with Gasteiger partial charge in [-0.2, -0.15) is 5.26 Å². The van der Waals surface area contributed by atoms with E-state index in [1.165, 1.54) is 25.1 Å². The topological polar surface area (TPSA) is 112 Å². The molecule has 7 heteroatoms. The lowest BCUT2D eigenvalue weighted by molar-refractivity contribution is 0.100. The Balaban J connectivity index is 1.75. The van der Waals surface area contributed by atoms with Crippen LogP contribution in [0.1, 0.15) is 43.8 Å². The van der Waals surface area contributed by atoms with E-state index in [2.05, 4.69) is 15.6 Å². The molecule has 0 saturated heterocycles. The smallest absolute Gasteiger partial charge is 0.274 e. The summed E-state index contributed by atoms with van der Waals surface area (Å²) >= 11 is 0. The molecule has 3 rings (SSSR count). The first kappa shape index (κ1) is 19.5. The summed E-state index contributed by atoms with van der Waals surface area (Å²) < 4.78 is 0. The number of carbonyl (C=O) groups is 3. The SMILES string of the molecule is CC(=O)c1cccc(NC(=O)c2cccc(C(=O)Nc3cccc(C#N)c3)n2)c1. The Morgan fingerprint density at radius 1 is 0.828 bits per heavy atom. The second-order valence-corrected chi connectivity index (χ2v) is 6.15. The van der Waals surface area contributed by atoms with Gasteiger partial charge in [0.1, 0.15) is 11.4 Å². The van der Waals surface area contributed by atoms with Crippen molar-refractivity contribution in [1.29, 1.82) is 5.26 Å². The van der Waals surface area contributed by atoms with Gasteiger partial charge in [0.15, 0.2) is 5.78 Å². The molecular weight excluding hydrogens is 368 g/mol. The number of nitrogens with one attached hydrogen (secondary N) is 2. The fourth-order valence-corrected chi connectivity index (χ4v) is 2.56. The number of nitrogens with zero attached hydrogens (tertiary/aromatic N) is 2. The molecule has 142 valence electrons. The molecular formula is C22H16N4O3. The van der Waals surface area contributed by atoms with E-state index in [9.17, 15) is 14.4 Å². The molecule has 3 aromatic rings. The van der Waals surface area contributed by atoms with E-state index in [0.717, 1.165) is 0 Å². The summed E-state index contributed by atoms with van der Waals surface area (Å²) in [5, 5.41) is 14.3. The predicted molar refractivity (Wildman–Crippen MR) is 108 cm³/mol. The van der Waals surface area contributed by atoms with Crippen LogP contribution in [0, 0.1) is 11.3 Å². The highest BCUT2D eigenvalue weighted by atomic mass is 16.2. The van der Waals surface area contributed by atoms with Crippen molar-refractivity contribution in [1.82, 2.24) is 4.98 Å². The maximum atomic E-state index is 12.5. The van der Waals surface area contributed by atoms with Crippen LogP contribution in [0.25, 0.3) is 0 Å². The molecule has 0 saturated carbocycles. The van der Waals surface area contributed by atoms with Crippen molar-refractivity contribution in [3.8, 4) is 6.07 Å². The molecule has 0 spiro atoms. The molecule has 2 aromatic carbocycles. The molecule has 2 N–H and O–H groups in total. The second kappa shape index (κ2) is 8.59. The van der Waals surface area contributed by atoms with Crippen LogP contribution in [0.4, 0.5) is 11.4 Å². The van der Waals surface area contributed by atoms with Crippen molar-refractivity contribution < 1.29 is 14.4 Å². The number of amides is 2. The maximum Gasteiger partial charge on any atom is 0.274 e. The summed E-state index contributed by atoms with van der Waals surface area (Å²) in [6, 6.07) is 19.5. The van der Waals surface area contributed by atoms with Crippen molar-refractivity contribution in [3.05, 3.63) is 89.2 Å². The van der Waals surface area contributed by atoms with Gasteiger partial charge in [0.25, 0.3) is 11.8 Å². The Bertz CT molecular complexity index is 1150. The largest absolute Gasteiger partial charge is 0.321 e. The summed E-state index contributed by atoms with van der Waals surface area (Å²) in [4.78, 5) is 40.5. The van der Waals surface area contributed by atoms with Crippen molar-refractivity contribution >= 4 is 29.0 Å². The van der Waals surface area contributed by atoms with E-state index < -0.39 is 11.8 Å². The van der Waals surface area contributed by atoms with Crippen LogP contribution in [0.2, 0.25) is 0 Å². The zero-order chi connectivity index (χ0) is 20.8. The number of rotatable bonds is 5. The first-order valence-electron chi connectivity index (χ1n) is 8.67. The molecule has 0 fully saturated rings. The minimum atomic E-state index is -0.508. The van der Waals surface area contributed by atoms with Crippen molar-refractivity contribution in [2.45, 2.75) is 6.92 Å². The van der Waals surface area contributed by atoms with E-state index in [-0.39, 0.29) is 17.2 Å². The van der Waals surface area contributed by atoms with Gasteiger partial charge in [0, 0.05) is 16.9 Å². The number of hydrogen-bond donors (Lipinski definition) is 2. The number of anilines is 2. The van der Waals surface area contributed by atoms with E-state index in [0.29, 0.717) is 22.5 Å². The van der Waals surface area contributed by atoms with Crippen LogP contribution in [0.15, 0.2) is 66.7 Å². The molecule has 2 amide bonds. The molecule has 0 radical (unpaired) electrons. The number of pyridine rings is 1. The molecule has 1 aromatic heterocycles. The van der Waals surface area contributed by atoms with Crippen LogP contribution < -0.4 is 10.6 Å². The lowest BCUT2D eigenvalue weighted by atomic mass is 10.1. The number of carbonyl (C=O) groups excluding carboxylic acids is 3. The molecule has 29 heavy (non-hydrogen) atoms. The lowest BCUT2D eigenvalue weighted by Gasteiger charge is -2.08. The molecule has 0 aliphatic heterocycles. The molecule has 0 aliphatic rings. The number of hydrogen-bond acceptors (Lipinski definition) is 5. The quantitative estimate of drug-likeness (QED) is 0.652. The normalized spacial score (nSPS) is 9.93. The zero-order valence-electron chi connectivity index (χ0n) is 15.5. The van der Waals surface area contributed by atoms with Gasteiger partial charge in [-0.05, 0) is 49.4 Å². The van der Waals surface area contributed by atoms with Gasteiger partial charge in [0.2, 0.25) is 0 Å². The van der Waals surface area contributed by atoms with Gasteiger partial charge in [-0.3, -0.25) is 14.4 Å². The fraction of sp³-hybridized carbons (Fsp3) is 0.0455. The highest BCUT2D eigenvalue weighted by Gasteiger charge is 2.13. The minimum absolute atomic E-state index is 0.0525. The molecule has 1 heterocycles. The van der Waals surface area contributed by atoms with Crippen LogP contribution >= 0.6 is 0 Å². The van der Waals surface area contributed by atoms with Crippen molar-refractivity contribution in [2.75, 3.05) is 10.6 Å². The Labute approximate surface area is 167 Å². The Morgan fingerprint density at radius 2 is 1.38 bits per heavy atom. The third kappa shape index (κ3) is 4.90.